The van der Waals surface area contributed by atoms with Gasteiger partial charge in [-0.3, -0.25) is 0 Å². The molecule has 62 heavy (non-hydrogen) atoms. The third-order valence-electron chi connectivity index (χ3n) is 13.2. The van der Waals surface area contributed by atoms with E-state index in [0.717, 1.165) is 17.1 Å². The first-order valence-corrected chi connectivity index (χ1v) is 22.7. The lowest BCUT2D eigenvalue weighted by Gasteiger charge is -2.28. The van der Waals surface area contributed by atoms with Crippen LogP contribution in [0.5, 0.6) is 0 Å². The summed E-state index contributed by atoms with van der Waals surface area (Å²) in [5, 5.41) is 0. The fourth-order valence-electron chi connectivity index (χ4n) is 9.13. The van der Waals surface area contributed by atoms with Gasteiger partial charge >= 0.3 is 0 Å². The Morgan fingerprint density at radius 3 is 1.23 bits per heavy atom. The third kappa shape index (κ3) is 8.32. The second-order valence-electron chi connectivity index (χ2n) is 22.5. The van der Waals surface area contributed by atoms with Gasteiger partial charge < -0.3 is 4.90 Å². The number of para-hydroxylation sites is 1. The summed E-state index contributed by atoms with van der Waals surface area (Å²) in [4.78, 5) is 2.42. The summed E-state index contributed by atoms with van der Waals surface area (Å²) in [6.45, 7) is 32.7. The van der Waals surface area contributed by atoms with Gasteiger partial charge in [-0.15, -0.1) is 0 Å². The molecular weight excluding hydrogens is 747 g/mol. The molecule has 0 atom stereocenters. The molecule has 0 fully saturated rings. The largest absolute Gasteiger partial charge is 0.310 e. The maximum Gasteiger partial charge on any atom is 0.0467 e. The zero-order valence-electron chi connectivity index (χ0n) is 39.9. The summed E-state index contributed by atoms with van der Waals surface area (Å²) in [6, 6.07) is 57.8. The van der Waals surface area contributed by atoms with E-state index in [2.05, 4.69) is 253 Å². The number of fused-ring (bicyclic) bond motifs is 3. The number of benzene rings is 7. The van der Waals surface area contributed by atoms with E-state index in [4.69, 9.17) is 0 Å². The Bertz CT molecular complexity index is 2750. The predicted octanol–water partition coefficient (Wildman–Crippen LogP) is 17.7. The average molecular weight is 814 g/mol. The SMILES string of the molecule is CC(C)(C)c1cc(-c2cccc(N(c3ccccc3)c3ccc4c(c3)C(C)(C)c3ccccc3-4)c2)cc(-c2cc(-c3cc(C(C)(C)C)cc(C(C)(C)C)c3)cc(C(C)(C)C)c2)c1. The van der Waals surface area contributed by atoms with Crippen molar-refractivity contribution in [3.05, 3.63) is 185 Å². The van der Waals surface area contributed by atoms with Crippen molar-refractivity contribution >= 4 is 17.1 Å². The highest BCUT2D eigenvalue weighted by molar-refractivity contribution is 5.87. The minimum atomic E-state index is -0.0929. The van der Waals surface area contributed by atoms with Crippen LogP contribution in [-0.4, -0.2) is 0 Å². The number of hydrogen-bond donors (Lipinski definition) is 0. The molecule has 7 aromatic carbocycles. The van der Waals surface area contributed by atoms with Crippen LogP contribution in [0.3, 0.4) is 0 Å². The van der Waals surface area contributed by atoms with Crippen molar-refractivity contribution in [3.8, 4) is 44.5 Å². The Balaban J connectivity index is 1.29. The molecule has 0 heterocycles. The van der Waals surface area contributed by atoms with Gasteiger partial charge in [-0.25, -0.2) is 0 Å². The fourth-order valence-corrected chi connectivity index (χ4v) is 9.13. The smallest absolute Gasteiger partial charge is 0.0467 e. The standard InChI is InChI=1S/C61H67N/c1-57(2,3)46-31-41(29-42(32-46)43-30-44(34-47(33-43)58(4,5)6)45-35-48(59(7,8)9)38-49(36-45)60(10,11)12)40-21-20-24-51(37-40)62(50-22-16-15-17-23-50)52-27-28-54-53-25-18-19-26-55(53)61(13,14)56(54)39-52/h15-39H,1-14H3. The van der Waals surface area contributed by atoms with Gasteiger partial charge in [-0.2, -0.15) is 0 Å². The first-order chi connectivity index (χ1) is 29.0. The molecule has 0 N–H and O–H groups in total. The van der Waals surface area contributed by atoms with E-state index in [0.29, 0.717) is 0 Å². The van der Waals surface area contributed by atoms with Gasteiger partial charge in [-0.05, 0) is 148 Å². The molecule has 0 amide bonds. The van der Waals surface area contributed by atoms with E-state index in [1.807, 2.05) is 0 Å². The molecule has 1 aliphatic carbocycles. The zero-order valence-corrected chi connectivity index (χ0v) is 39.9. The maximum atomic E-state index is 2.44. The predicted molar refractivity (Wildman–Crippen MR) is 270 cm³/mol. The summed E-state index contributed by atoms with van der Waals surface area (Å²) in [5.74, 6) is 0. The molecule has 0 saturated heterocycles. The highest BCUT2D eigenvalue weighted by atomic mass is 15.1. The number of nitrogens with zero attached hydrogens (tertiary/aromatic N) is 1. The van der Waals surface area contributed by atoms with Crippen LogP contribution >= 0.6 is 0 Å². The molecule has 0 aliphatic heterocycles. The van der Waals surface area contributed by atoms with E-state index < -0.39 is 0 Å². The molecule has 0 unspecified atom stereocenters. The van der Waals surface area contributed by atoms with Crippen molar-refractivity contribution in [2.45, 2.75) is 124 Å². The van der Waals surface area contributed by atoms with Gasteiger partial charge in [0.15, 0.2) is 0 Å². The summed E-state index contributed by atoms with van der Waals surface area (Å²) < 4.78 is 0. The summed E-state index contributed by atoms with van der Waals surface area (Å²) >= 11 is 0. The van der Waals surface area contributed by atoms with Gasteiger partial charge in [0.1, 0.15) is 0 Å². The van der Waals surface area contributed by atoms with Gasteiger partial charge in [0.05, 0.1) is 0 Å². The van der Waals surface area contributed by atoms with Crippen LogP contribution in [0.15, 0.2) is 152 Å². The normalized spacial score (nSPS) is 13.8. The molecule has 1 nitrogen and oxygen atoms in total. The first-order valence-electron chi connectivity index (χ1n) is 22.7. The quantitative estimate of drug-likeness (QED) is 0.162. The Kier molecular flexibility index (Phi) is 10.6. The highest BCUT2D eigenvalue weighted by Crippen LogP contribution is 2.51. The van der Waals surface area contributed by atoms with E-state index in [1.54, 1.807) is 0 Å². The van der Waals surface area contributed by atoms with Crippen LogP contribution < -0.4 is 4.90 Å². The molecule has 0 radical (unpaired) electrons. The number of anilines is 3. The molecular formula is C61H67N. The van der Waals surface area contributed by atoms with E-state index >= 15 is 0 Å². The lowest BCUT2D eigenvalue weighted by atomic mass is 9.77. The molecule has 0 spiro atoms. The highest BCUT2D eigenvalue weighted by Gasteiger charge is 2.36. The Morgan fingerprint density at radius 1 is 0.306 bits per heavy atom. The average Bonchev–Trinajstić information content (AvgIpc) is 3.45. The summed E-state index contributed by atoms with van der Waals surface area (Å²) in [7, 11) is 0. The van der Waals surface area contributed by atoms with Crippen molar-refractivity contribution in [2.75, 3.05) is 4.90 Å². The lowest BCUT2D eigenvalue weighted by Crippen LogP contribution is -2.16. The van der Waals surface area contributed by atoms with Crippen LogP contribution in [0.4, 0.5) is 17.1 Å². The monoisotopic (exact) mass is 814 g/mol. The molecule has 0 aromatic heterocycles. The van der Waals surface area contributed by atoms with Crippen LogP contribution in [0.1, 0.15) is 130 Å². The van der Waals surface area contributed by atoms with E-state index in [-0.39, 0.29) is 27.1 Å². The molecule has 0 saturated carbocycles. The minimum Gasteiger partial charge on any atom is -0.310 e. The van der Waals surface area contributed by atoms with Crippen LogP contribution in [0.2, 0.25) is 0 Å². The van der Waals surface area contributed by atoms with Crippen molar-refractivity contribution < 1.29 is 0 Å². The molecule has 8 rings (SSSR count). The first kappa shape index (κ1) is 43.0. The van der Waals surface area contributed by atoms with Crippen LogP contribution in [0.25, 0.3) is 44.5 Å². The second-order valence-corrected chi connectivity index (χ2v) is 22.5. The molecule has 1 heteroatoms. The molecule has 0 bridgehead atoms. The third-order valence-corrected chi connectivity index (χ3v) is 13.2. The van der Waals surface area contributed by atoms with Crippen molar-refractivity contribution in [3.63, 3.8) is 0 Å². The molecule has 1 aliphatic rings. The number of rotatable bonds is 6. The fraction of sp³-hybridized carbons (Fsp3) is 0.311. The van der Waals surface area contributed by atoms with Crippen molar-refractivity contribution in [2.24, 2.45) is 0 Å². The maximum absolute atomic E-state index is 2.44. The van der Waals surface area contributed by atoms with E-state index in [1.165, 1.54) is 77.9 Å². The van der Waals surface area contributed by atoms with Gasteiger partial charge in [-0.1, -0.05) is 200 Å². The summed E-state index contributed by atoms with van der Waals surface area (Å²) in [6.07, 6.45) is 0. The van der Waals surface area contributed by atoms with Gasteiger partial charge in [0.2, 0.25) is 0 Å². The van der Waals surface area contributed by atoms with Crippen molar-refractivity contribution in [1.29, 1.82) is 0 Å². The van der Waals surface area contributed by atoms with Gasteiger partial charge in [0, 0.05) is 22.5 Å². The van der Waals surface area contributed by atoms with Gasteiger partial charge in [0.25, 0.3) is 0 Å². The lowest BCUT2D eigenvalue weighted by molar-refractivity contribution is 0.569. The number of hydrogen-bond acceptors (Lipinski definition) is 1. The topological polar surface area (TPSA) is 3.24 Å². The van der Waals surface area contributed by atoms with Crippen molar-refractivity contribution in [1.82, 2.24) is 0 Å². The Morgan fingerprint density at radius 2 is 0.710 bits per heavy atom. The minimum absolute atomic E-state index is 0.0318. The molecule has 7 aromatic rings. The second kappa shape index (κ2) is 15.3. The zero-order chi connectivity index (χ0) is 44.6. The Hall–Kier alpha value is -5.66. The van der Waals surface area contributed by atoms with E-state index in [9.17, 15) is 0 Å². The van der Waals surface area contributed by atoms with Crippen LogP contribution in [-0.2, 0) is 27.1 Å². The Labute approximate surface area is 373 Å². The van der Waals surface area contributed by atoms with Crippen LogP contribution in [0, 0.1) is 0 Å². The molecule has 316 valence electrons. The summed E-state index contributed by atoms with van der Waals surface area (Å²) in [5.41, 5.74) is 21.6.